The highest BCUT2D eigenvalue weighted by molar-refractivity contribution is 7.88. The first kappa shape index (κ1) is 21.5. The van der Waals surface area contributed by atoms with Crippen molar-refractivity contribution in [2.75, 3.05) is 26.2 Å². The van der Waals surface area contributed by atoms with Crippen molar-refractivity contribution >= 4 is 50.2 Å². The number of amides is 1. The Morgan fingerprint density at radius 3 is 2.47 bits per heavy atom. The summed E-state index contributed by atoms with van der Waals surface area (Å²) in [4.78, 5) is 19.9. The quantitative estimate of drug-likeness (QED) is 0.537. The third kappa shape index (κ3) is 5.09. The maximum absolute atomic E-state index is 12.7. The van der Waals surface area contributed by atoms with Crippen molar-refractivity contribution in [2.24, 2.45) is 0 Å². The normalized spacial score (nSPS) is 15.4. The second kappa shape index (κ2) is 9.15. The van der Waals surface area contributed by atoms with Crippen LogP contribution < -0.4 is 0 Å². The SMILES string of the molecule is O=C(Cc1csc(-c2ccc(Cl)s2)n1)N1CCN(S(=O)(=O)Cc2ccccc2)CC1. The molecule has 0 unspecified atom stereocenters. The summed E-state index contributed by atoms with van der Waals surface area (Å²) in [5.74, 6) is -0.0491. The van der Waals surface area contributed by atoms with Gasteiger partial charge in [-0.25, -0.2) is 13.4 Å². The number of aromatic nitrogens is 1. The van der Waals surface area contributed by atoms with Crippen molar-refractivity contribution in [3.63, 3.8) is 0 Å². The van der Waals surface area contributed by atoms with E-state index in [-0.39, 0.29) is 18.1 Å². The van der Waals surface area contributed by atoms with Gasteiger partial charge in [-0.1, -0.05) is 41.9 Å². The van der Waals surface area contributed by atoms with E-state index in [1.807, 2.05) is 47.8 Å². The number of sulfonamides is 1. The van der Waals surface area contributed by atoms with E-state index >= 15 is 0 Å². The molecular weight excluding hydrogens is 462 g/mol. The van der Waals surface area contributed by atoms with Gasteiger partial charge in [0.25, 0.3) is 0 Å². The number of thiazole rings is 1. The molecule has 0 saturated carbocycles. The summed E-state index contributed by atoms with van der Waals surface area (Å²) in [6, 6.07) is 12.9. The fourth-order valence-electron chi connectivity index (χ4n) is 3.29. The number of thiophene rings is 1. The Balaban J connectivity index is 1.32. The van der Waals surface area contributed by atoms with Gasteiger partial charge in [0.05, 0.1) is 27.1 Å². The summed E-state index contributed by atoms with van der Waals surface area (Å²) in [6.45, 7) is 1.42. The fourth-order valence-corrected chi connectivity index (χ4v) is 6.74. The lowest BCUT2D eigenvalue weighted by Gasteiger charge is -2.34. The van der Waals surface area contributed by atoms with Crippen LogP contribution in [-0.2, 0) is 27.0 Å². The average molecular weight is 482 g/mol. The largest absolute Gasteiger partial charge is 0.340 e. The topological polar surface area (TPSA) is 70.6 Å². The molecule has 1 aliphatic heterocycles. The van der Waals surface area contributed by atoms with E-state index in [4.69, 9.17) is 11.6 Å². The standard InChI is InChI=1S/C20H20ClN3O3S3/c21-18-7-6-17(29-18)20-22-16(13-28-20)12-19(25)23-8-10-24(11-9-23)30(26,27)14-15-4-2-1-3-5-15/h1-7,13H,8-12,14H2. The second-order valence-electron chi connectivity index (χ2n) is 6.95. The third-order valence-electron chi connectivity index (χ3n) is 4.84. The van der Waals surface area contributed by atoms with Gasteiger partial charge in [0, 0.05) is 31.6 Å². The van der Waals surface area contributed by atoms with Crippen LogP contribution in [0.3, 0.4) is 0 Å². The molecule has 0 spiro atoms. The molecule has 0 bridgehead atoms. The molecule has 1 saturated heterocycles. The van der Waals surface area contributed by atoms with E-state index in [2.05, 4.69) is 4.98 Å². The molecule has 158 valence electrons. The van der Waals surface area contributed by atoms with Crippen molar-refractivity contribution < 1.29 is 13.2 Å². The van der Waals surface area contributed by atoms with E-state index in [9.17, 15) is 13.2 Å². The van der Waals surface area contributed by atoms with Crippen LogP contribution in [0, 0.1) is 0 Å². The molecule has 30 heavy (non-hydrogen) atoms. The number of benzene rings is 1. The van der Waals surface area contributed by atoms with Crippen molar-refractivity contribution in [1.82, 2.24) is 14.2 Å². The number of carbonyl (C=O) groups excluding carboxylic acids is 1. The van der Waals surface area contributed by atoms with Crippen molar-refractivity contribution in [1.29, 1.82) is 0 Å². The first-order valence-electron chi connectivity index (χ1n) is 9.40. The number of piperazine rings is 1. The van der Waals surface area contributed by atoms with Crippen molar-refractivity contribution in [2.45, 2.75) is 12.2 Å². The summed E-state index contributed by atoms with van der Waals surface area (Å²) < 4.78 is 27.5. The molecule has 0 atom stereocenters. The van der Waals surface area contributed by atoms with E-state index in [0.29, 0.717) is 30.5 Å². The van der Waals surface area contributed by atoms with Gasteiger partial charge >= 0.3 is 0 Å². The molecule has 0 radical (unpaired) electrons. The number of hydrogen-bond acceptors (Lipinski definition) is 6. The summed E-state index contributed by atoms with van der Waals surface area (Å²) in [5.41, 5.74) is 1.49. The number of halogens is 1. The summed E-state index contributed by atoms with van der Waals surface area (Å²) in [6.07, 6.45) is 0.215. The van der Waals surface area contributed by atoms with Crippen LogP contribution in [0.15, 0.2) is 47.8 Å². The lowest BCUT2D eigenvalue weighted by molar-refractivity contribution is -0.131. The van der Waals surface area contributed by atoms with Crippen molar-refractivity contribution in [3.05, 3.63) is 63.4 Å². The highest BCUT2D eigenvalue weighted by atomic mass is 35.5. The Labute approximate surface area is 188 Å². The Morgan fingerprint density at radius 2 is 1.80 bits per heavy atom. The maximum atomic E-state index is 12.7. The van der Waals surface area contributed by atoms with Crippen LogP contribution in [0.2, 0.25) is 4.34 Å². The molecule has 10 heteroatoms. The molecule has 1 aromatic carbocycles. The van der Waals surface area contributed by atoms with E-state index < -0.39 is 10.0 Å². The van der Waals surface area contributed by atoms with E-state index in [1.165, 1.54) is 27.0 Å². The Bertz CT molecular complexity index is 1120. The Hall–Kier alpha value is -1.78. The molecule has 6 nitrogen and oxygen atoms in total. The number of carbonyl (C=O) groups is 1. The first-order valence-corrected chi connectivity index (χ1v) is 13.1. The molecule has 1 fully saturated rings. The number of nitrogens with zero attached hydrogens (tertiary/aromatic N) is 3. The molecule has 2 aromatic heterocycles. The van der Waals surface area contributed by atoms with Gasteiger partial charge in [-0.05, 0) is 17.7 Å². The number of rotatable bonds is 6. The van der Waals surface area contributed by atoms with Gasteiger partial charge < -0.3 is 4.90 Å². The molecule has 0 aliphatic carbocycles. The Morgan fingerprint density at radius 1 is 1.07 bits per heavy atom. The monoisotopic (exact) mass is 481 g/mol. The van der Waals surface area contributed by atoms with Crippen LogP contribution in [0.1, 0.15) is 11.3 Å². The molecule has 3 aromatic rings. The molecule has 4 rings (SSSR count). The minimum Gasteiger partial charge on any atom is -0.340 e. The van der Waals surface area contributed by atoms with Gasteiger partial charge in [-0.3, -0.25) is 4.79 Å². The van der Waals surface area contributed by atoms with Gasteiger partial charge in [0.15, 0.2) is 0 Å². The fraction of sp³-hybridized carbons (Fsp3) is 0.300. The van der Waals surface area contributed by atoms with Crippen LogP contribution in [0.5, 0.6) is 0 Å². The van der Waals surface area contributed by atoms with Gasteiger partial charge in [0.2, 0.25) is 15.9 Å². The minimum absolute atomic E-state index is 0.0177. The maximum Gasteiger partial charge on any atom is 0.228 e. The van der Waals surface area contributed by atoms with Crippen molar-refractivity contribution in [3.8, 4) is 9.88 Å². The van der Waals surface area contributed by atoms with Gasteiger partial charge in [0.1, 0.15) is 5.01 Å². The lowest BCUT2D eigenvalue weighted by Crippen LogP contribution is -2.51. The van der Waals surface area contributed by atoms with Crippen LogP contribution >= 0.6 is 34.3 Å². The molecule has 0 N–H and O–H groups in total. The molecule has 1 amide bonds. The predicted octanol–water partition coefficient (Wildman–Crippen LogP) is 3.74. The molecular formula is C20H20ClN3O3S3. The molecule has 3 heterocycles. The van der Waals surface area contributed by atoms with E-state index in [0.717, 1.165) is 21.1 Å². The third-order valence-corrected chi connectivity index (χ3v) is 8.99. The smallest absolute Gasteiger partial charge is 0.228 e. The van der Waals surface area contributed by atoms with Gasteiger partial charge in [-0.15, -0.1) is 22.7 Å². The zero-order chi connectivity index (χ0) is 21.1. The summed E-state index contributed by atoms with van der Waals surface area (Å²) in [7, 11) is -3.39. The lowest BCUT2D eigenvalue weighted by atomic mass is 10.2. The average Bonchev–Trinajstić information content (AvgIpc) is 3.37. The summed E-state index contributed by atoms with van der Waals surface area (Å²) in [5, 5.41) is 2.74. The zero-order valence-corrected chi connectivity index (χ0v) is 19.2. The minimum atomic E-state index is -3.39. The number of hydrogen-bond donors (Lipinski definition) is 0. The van der Waals surface area contributed by atoms with Gasteiger partial charge in [-0.2, -0.15) is 4.31 Å². The highest BCUT2D eigenvalue weighted by Crippen LogP contribution is 2.33. The zero-order valence-electron chi connectivity index (χ0n) is 16.0. The Kier molecular flexibility index (Phi) is 6.54. The van der Waals surface area contributed by atoms with Crippen LogP contribution in [0.4, 0.5) is 0 Å². The van der Waals surface area contributed by atoms with Crippen LogP contribution in [-0.4, -0.2) is 54.7 Å². The highest BCUT2D eigenvalue weighted by Gasteiger charge is 2.29. The van der Waals surface area contributed by atoms with Crippen LogP contribution in [0.25, 0.3) is 9.88 Å². The first-order chi connectivity index (χ1) is 14.4. The summed E-state index contributed by atoms with van der Waals surface area (Å²) >= 11 is 8.93. The predicted molar refractivity (Wildman–Crippen MR) is 121 cm³/mol. The van der Waals surface area contributed by atoms with E-state index in [1.54, 1.807) is 4.90 Å². The molecule has 1 aliphatic rings. The second-order valence-corrected chi connectivity index (χ2v) is 11.5.